The molecule has 22 heavy (non-hydrogen) atoms. The summed E-state index contributed by atoms with van der Waals surface area (Å²) in [5, 5.41) is 0. The fourth-order valence-electron chi connectivity index (χ4n) is 2.82. The average molecular weight is 322 g/mol. The maximum absolute atomic E-state index is 12.6. The molecule has 1 atom stereocenters. The van der Waals surface area contributed by atoms with E-state index in [0.717, 1.165) is 48.2 Å². The molecular weight excluding hydrogens is 300 g/mol. The molecular formula is C15H22N4O2S. The molecule has 2 aliphatic rings. The first-order valence-corrected chi connectivity index (χ1v) is 8.83. The Bertz CT molecular complexity index is 548. The summed E-state index contributed by atoms with van der Waals surface area (Å²) in [6.07, 6.45) is 1.21. The number of carbonyl (C=O) groups is 1. The van der Waals surface area contributed by atoms with Crippen molar-refractivity contribution in [3.63, 3.8) is 0 Å². The number of amides is 1. The van der Waals surface area contributed by atoms with Gasteiger partial charge < -0.3 is 14.5 Å². The van der Waals surface area contributed by atoms with Gasteiger partial charge in [0.2, 0.25) is 0 Å². The van der Waals surface area contributed by atoms with Crippen LogP contribution in [0.5, 0.6) is 0 Å². The van der Waals surface area contributed by atoms with Gasteiger partial charge in [0.05, 0.1) is 13.2 Å². The van der Waals surface area contributed by atoms with Gasteiger partial charge in [-0.3, -0.25) is 4.79 Å². The molecule has 2 saturated heterocycles. The van der Waals surface area contributed by atoms with Crippen molar-refractivity contribution in [2.45, 2.75) is 20.0 Å². The van der Waals surface area contributed by atoms with E-state index in [1.807, 2.05) is 30.5 Å². The minimum Gasteiger partial charge on any atom is -0.365 e. The zero-order valence-electron chi connectivity index (χ0n) is 13.1. The molecule has 0 N–H and O–H groups in total. The largest absolute Gasteiger partial charge is 0.365 e. The number of aryl methyl sites for hydroxylation is 1. The molecule has 0 saturated carbocycles. The number of ether oxygens (including phenoxy) is 1. The lowest BCUT2D eigenvalue weighted by Crippen LogP contribution is -2.53. The van der Waals surface area contributed by atoms with E-state index in [4.69, 9.17) is 4.74 Å². The van der Waals surface area contributed by atoms with Crippen molar-refractivity contribution >= 4 is 23.5 Å². The number of hydrogen-bond acceptors (Lipinski definition) is 6. The van der Waals surface area contributed by atoms with Crippen LogP contribution < -0.4 is 4.90 Å². The number of anilines is 1. The van der Waals surface area contributed by atoms with Gasteiger partial charge in [0, 0.05) is 42.4 Å². The number of thioether (sulfide) groups is 1. The highest BCUT2D eigenvalue weighted by Gasteiger charge is 2.32. The van der Waals surface area contributed by atoms with Crippen LogP contribution in [0, 0.1) is 13.8 Å². The number of nitrogens with zero attached hydrogens (tertiary/aromatic N) is 4. The zero-order chi connectivity index (χ0) is 15.5. The van der Waals surface area contributed by atoms with Gasteiger partial charge in [-0.05, 0) is 13.8 Å². The third kappa shape index (κ3) is 3.20. The van der Waals surface area contributed by atoms with Crippen LogP contribution >= 0.6 is 11.8 Å². The average Bonchev–Trinajstić information content (AvgIpc) is 2.57. The van der Waals surface area contributed by atoms with Crippen molar-refractivity contribution in [1.82, 2.24) is 14.9 Å². The second kappa shape index (κ2) is 6.83. The third-order valence-corrected chi connectivity index (χ3v) is 5.22. The molecule has 0 aliphatic carbocycles. The maximum Gasteiger partial charge on any atom is 0.253 e. The second-order valence-corrected chi connectivity index (χ2v) is 6.88. The van der Waals surface area contributed by atoms with Gasteiger partial charge in [-0.25, -0.2) is 9.97 Å². The Labute approximate surface area is 135 Å². The molecule has 6 nitrogen and oxygen atoms in total. The summed E-state index contributed by atoms with van der Waals surface area (Å²) >= 11 is 1.90. The Morgan fingerprint density at radius 2 is 2.05 bits per heavy atom. The van der Waals surface area contributed by atoms with Crippen LogP contribution in [0.3, 0.4) is 0 Å². The summed E-state index contributed by atoms with van der Waals surface area (Å²) in [6.45, 7) is 7.55. The fraction of sp³-hybridized carbons (Fsp3) is 0.667. The molecule has 120 valence electrons. The molecule has 0 aromatic carbocycles. The van der Waals surface area contributed by atoms with Crippen LogP contribution in [0.25, 0.3) is 0 Å². The summed E-state index contributed by atoms with van der Waals surface area (Å²) in [6, 6.07) is 0. The lowest BCUT2D eigenvalue weighted by atomic mass is 10.2. The summed E-state index contributed by atoms with van der Waals surface area (Å²) in [4.78, 5) is 25.3. The summed E-state index contributed by atoms with van der Waals surface area (Å²) in [5.74, 6) is 3.08. The first kappa shape index (κ1) is 15.6. The maximum atomic E-state index is 12.6. The number of aromatic nitrogens is 2. The SMILES string of the molecule is Cc1ncnc(N2CCOC(C(=O)N3CCSCC3)C2)c1C. The van der Waals surface area contributed by atoms with Crippen molar-refractivity contribution in [3.05, 3.63) is 17.6 Å². The minimum atomic E-state index is -0.383. The predicted molar refractivity (Wildman–Crippen MR) is 87.4 cm³/mol. The third-order valence-electron chi connectivity index (χ3n) is 4.27. The quantitative estimate of drug-likeness (QED) is 0.805. The molecule has 0 radical (unpaired) electrons. The van der Waals surface area contributed by atoms with Gasteiger partial charge in [0.1, 0.15) is 12.1 Å². The fourth-order valence-corrected chi connectivity index (χ4v) is 3.73. The Morgan fingerprint density at radius 3 is 2.82 bits per heavy atom. The van der Waals surface area contributed by atoms with E-state index in [1.54, 1.807) is 6.33 Å². The van der Waals surface area contributed by atoms with Crippen molar-refractivity contribution in [2.24, 2.45) is 0 Å². The van der Waals surface area contributed by atoms with Crippen LogP contribution in [0.2, 0.25) is 0 Å². The van der Waals surface area contributed by atoms with E-state index < -0.39 is 0 Å². The van der Waals surface area contributed by atoms with Gasteiger partial charge in [-0.1, -0.05) is 0 Å². The van der Waals surface area contributed by atoms with E-state index in [-0.39, 0.29) is 12.0 Å². The molecule has 1 aromatic heterocycles. The summed E-state index contributed by atoms with van der Waals surface area (Å²) in [7, 11) is 0. The van der Waals surface area contributed by atoms with Crippen molar-refractivity contribution in [2.75, 3.05) is 49.2 Å². The van der Waals surface area contributed by atoms with Gasteiger partial charge in [-0.15, -0.1) is 0 Å². The monoisotopic (exact) mass is 322 g/mol. The topological polar surface area (TPSA) is 58.6 Å². The summed E-state index contributed by atoms with van der Waals surface area (Å²) < 4.78 is 5.73. The number of morpholine rings is 1. The first-order chi connectivity index (χ1) is 10.7. The highest BCUT2D eigenvalue weighted by Crippen LogP contribution is 2.22. The molecule has 3 heterocycles. The van der Waals surface area contributed by atoms with Gasteiger partial charge in [-0.2, -0.15) is 11.8 Å². The van der Waals surface area contributed by atoms with Crippen molar-refractivity contribution in [1.29, 1.82) is 0 Å². The van der Waals surface area contributed by atoms with E-state index >= 15 is 0 Å². The molecule has 2 fully saturated rings. The molecule has 1 aromatic rings. The van der Waals surface area contributed by atoms with E-state index in [2.05, 4.69) is 14.9 Å². The Hall–Kier alpha value is -1.34. The standard InChI is InChI=1S/C15H22N4O2S/c1-11-12(2)16-10-17-14(11)19-3-6-21-13(9-19)15(20)18-4-7-22-8-5-18/h10,13H,3-9H2,1-2H3. The first-order valence-electron chi connectivity index (χ1n) is 7.68. The molecule has 2 aliphatic heterocycles. The Kier molecular flexibility index (Phi) is 4.83. The van der Waals surface area contributed by atoms with Crippen LogP contribution in [-0.2, 0) is 9.53 Å². The number of carbonyl (C=O) groups excluding carboxylic acids is 1. The van der Waals surface area contributed by atoms with Crippen LogP contribution in [0.1, 0.15) is 11.3 Å². The molecule has 0 spiro atoms. The van der Waals surface area contributed by atoms with E-state index in [9.17, 15) is 4.79 Å². The molecule has 1 amide bonds. The lowest BCUT2D eigenvalue weighted by Gasteiger charge is -2.37. The number of rotatable bonds is 2. The lowest BCUT2D eigenvalue weighted by molar-refractivity contribution is -0.144. The number of hydrogen-bond donors (Lipinski definition) is 0. The van der Waals surface area contributed by atoms with E-state index in [1.165, 1.54) is 0 Å². The van der Waals surface area contributed by atoms with Crippen molar-refractivity contribution < 1.29 is 9.53 Å². The van der Waals surface area contributed by atoms with Gasteiger partial charge in [0.25, 0.3) is 5.91 Å². The molecule has 0 bridgehead atoms. The van der Waals surface area contributed by atoms with Crippen LogP contribution in [-0.4, -0.2) is 71.2 Å². The molecule has 7 heteroatoms. The van der Waals surface area contributed by atoms with Gasteiger partial charge in [0.15, 0.2) is 6.10 Å². The minimum absolute atomic E-state index is 0.119. The highest BCUT2D eigenvalue weighted by molar-refractivity contribution is 7.99. The molecule has 3 rings (SSSR count). The Balaban J connectivity index is 1.71. The van der Waals surface area contributed by atoms with E-state index in [0.29, 0.717) is 13.2 Å². The normalized spacial score (nSPS) is 22.7. The highest BCUT2D eigenvalue weighted by atomic mass is 32.2. The predicted octanol–water partition coefficient (Wildman–Crippen LogP) is 0.874. The van der Waals surface area contributed by atoms with Crippen LogP contribution in [0.4, 0.5) is 5.82 Å². The second-order valence-electron chi connectivity index (χ2n) is 5.65. The van der Waals surface area contributed by atoms with Crippen LogP contribution in [0.15, 0.2) is 6.33 Å². The van der Waals surface area contributed by atoms with Gasteiger partial charge >= 0.3 is 0 Å². The Morgan fingerprint density at radius 1 is 1.27 bits per heavy atom. The van der Waals surface area contributed by atoms with Crippen molar-refractivity contribution in [3.8, 4) is 0 Å². The molecule has 1 unspecified atom stereocenters. The zero-order valence-corrected chi connectivity index (χ0v) is 13.9. The smallest absolute Gasteiger partial charge is 0.253 e. The summed E-state index contributed by atoms with van der Waals surface area (Å²) in [5.41, 5.74) is 2.05.